The predicted molar refractivity (Wildman–Crippen MR) is 97.3 cm³/mol. The van der Waals surface area contributed by atoms with Gasteiger partial charge in [0.05, 0.1) is 0 Å². The standard InChI is InChI=1S/C20H14B2/c1-2-8-15(9-3-1)14-20(21-16-10-4-5-11-17(16)21)22-18-12-6-7-13-19(18)22/h1-14H. The minimum absolute atomic E-state index is 0.521. The Kier molecular flexibility index (Phi) is 2.48. The maximum absolute atomic E-state index is 2.40. The molecule has 0 aliphatic carbocycles. The Hall–Kier alpha value is -2.47. The zero-order chi connectivity index (χ0) is 14.5. The highest BCUT2D eigenvalue weighted by Gasteiger charge is 2.49. The summed E-state index contributed by atoms with van der Waals surface area (Å²) >= 11 is 0. The van der Waals surface area contributed by atoms with Gasteiger partial charge in [-0.3, -0.25) is 0 Å². The van der Waals surface area contributed by atoms with Crippen LogP contribution in [0.25, 0.3) is 6.08 Å². The molecule has 0 radical (unpaired) electrons. The van der Waals surface area contributed by atoms with Crippen molar-refractivity contribution in [3.05, 3.63) is 89.8 Å². The van der Waals surface area contributed by atoms with Gasteiger partial charge in [-0.05, 0) is 5.56 Å². The molecule has 2 aliphatic heterocycles. The zero-order valence-electron chi connectivity index (χ0n) is 12.2. The molecule has 2 heteroatoms. The first-order valence-corrected chi connectivity index (χ1v) is 7.87. The monoisotopic (exact) mass is 276 g/mol. The molecule has 3 aromatic rings. The van der Waals surface area contributed by atoms with Crippen molar-refractivity contribution in [3.8, 4) is 0 Å². The van der Waals surface area contributed by atoms with Crippen LogP contribution in [0.4, 0.5) is 0 Å². The summed E-state index contributed by atoms with van der Waals surface area (Å²) in [6.07, 6.45) is 2.40. The Morgan fingerprint density at radius 2 is 0.955 bits per heavy atom. The van der Waals surface area contributed by atoms with Crippen molar-refractivity contribution in [2.24, 2.45) is 0 Å². The van der Waals surface area contributed by atoms with Crippen LogP contribution in [0.15, 0.2) is 84.2 Å². The molecule has 22 heavy (non-hydrogen) atoms. The number of fused-ring (bicyclic) bond motifs is 2. The molecule has 5 rings (SSSR count). The molecule has 0 atom stereocenters. The highest BCUT2D eigenvalue weighted by molar-refractivity contribution is 7.24. The first kappa shape index (κ1) is 12.1. The second kappa shape index (κ2) is 4.51. The molecule has 0 nitrogen and oxygen atoms in total. The molecule has 0 aromatic heterocycles. The first-order valence-electron chi connectivity index (χ1n) is 7.87. The predicted octanol–water partition coefficient (Wildman–Crippen LogP) is 1.39. The summed E-state index contributed by atoms with van der Waals surface area (Å²) in [5, 5.41) is 1.54. The molecule has 2 aliphatic rings. The lowest BCUT2D eigenvalue weighted by molar-refractivity contribution is 1.66. The van der Waals surface area contributed by atoms with Crippen LogP contribution in [0.3, 0.4) is 0 Å². The lowest BCUT2D eigenvalue weighted by Gasteiger charge is -2.02. The molecule has 0 bridgehead atoms. The molecule has 0 unspecified atom stereocenters. The average molecular weight is 276 g/mol. The van der Waals surface area contributed by atoms with E-state index in [-0.39, 0.29) is 0 Å². The molecule has 0 fully saturated rings. The molecular weight excluding hydrogens is 262 g/mol. The summed E-state index contributed by atoms with van der Waals surface area (Å²) in [5.74, 6) is 0. The lowest BCUT2D eigenvalue weighted by atomic mass is 9.36. The highest BCUT2D eigenvalue weighted by atomic mass is 14.2. The van der Waals surface area contributed by atoms with Gasteiger partial charge in [-0.2, -0.15) is 0 Å². The third kappa shape index (κ3) is 1.80. The Labute approximate surface area is 131 Å². The normalized spacial score (nSPS) is 13.3. The van der Waals surface area contributed by atoms with Crippen LogP contribution in [0.5, 0.6) is 0 Å². The van der Waals surface area contributed by atoms with Gasteiger partial charge >= 0.3 is 0 Å². The van der Waals surface area contributed by atoms with E-state index in [0.717, 1.165) is 0 Å². The Bertz CT molecular complexity index is 797. The molecule has 0 N–H and O–H groups in total. The third-order valence-electron chi connectivity index (χ3n) is 4.87. The number of hydrogen-bond acceptors (Lipinski definition) is 0. The fraction of sp³-hybridized carbons (Fsp3) is 0. The van der Waals surface area contributed by atoms with Crippen LogP contribution < -0.4 is 21.9 Å². The molecule has 100 valence electrons. The van der Waals surface area contributed by atoms with Crippen LogP contribution in [-0.4, -0.2) is 13.4 Å². The second-order valence-electron chi connectivity index (χ2n) is 6.18. The number of benzene rings is 3. The topological polar surface area (TPSA) is 0 Å². The highest BCUT2D eigenvalue weighted by Crippen LogP contribution is 2.22. The molecule has 0 saturated carbocycles. The van der Waals surface area contributed by atoms with Crippen LogP contribution in [-0.2, 0) is 0 Å². The number of hydrogen-bond donors (Lipinski definition) is 0. The van der Waals surface area contributed by atoms with Crippen molar-refractivity contribution in [2.75, 3.05) is 0 Å². The van der Waals surface area contributed by atoms with Crippen LogP contribution in [0, 0.1) is 0 Å². The third-order valence-corrected chi connectivity index (χ3v) is 4.87. The van der Waals surface area contributed by atoms with E-state index in [2.05, 4.69) is 84.9 Å². The van der Waals surface area contributed by atoms with E-state index in [1.54, 1.807) is 0 Å². The minimum Gasteiger partial charge on any atom is -0.111 e. The largest absolute Gasteiger partial charge is 0.227 e. The van der Waals surface area contributed by atoms with Gasteiger partial charge in [0.15, 0.2) is 0 Å². The molecular formula is C20H14B2. The van der Waals surface area contributed by atoms with Crippen molar-refractivity contribution in [3.63, 3.8) is 0 Å². The van der Waals surface area contributed by atoms with E-state index in [4.69, 9.17) is 0 Å². The quantitative estimate of drug-likeness (QED) is 0.634. The smallest absolute Gasteiger partial charge is 0.111 e. The zero-order valence-corrected chi connectivity index (χ0v) is 12.2. The molecule has 0 saturated heterocycles. The maximum atomic E-state index is 2.40. The Balaban J connectivity index is 1.58. The van der Waals surface area contributed by atoms with Crippen LogP contribution in [0.2, 0.25) is 0 Å². The van der Waals surface area contributed by atoms with Gasteiger partial charge < -0.3 is 0 Å². The summed E-state index contributed by atoms with van der Waals surface area (Å²) in [7, 11) is 0. The Morgan fingerprint density at radius 3 is 1.41 bits per heavy atom. The van der Waals surface area contributed by atoms with E-state index < -0.39 is 0 Å². The van der Waals surface area contributed by atoms with E-state index in [1.165, 1.54) is 32.8 Å². The average Bonchev–Trinajstić information content (AvgIpc) is 3.47. The van der Waals surface area contributed by atoms with Crippen LogP contribution in [0.1, 0.15) is 5.56 Å². The second-order valence-corrected chi connectivity index (χ2v) is 6.18. The fourth-order valence-electron chi connectivity index (χ4n) is 3.71. The van der Waals surface area contributed by atoms with E-state index >= 15 is 0 Å². The van der Waals surface area contributed by atoms with Crippen molar-refractivity contribution in [2.45, 2.75) is 0 Å². The van der Waals surface area contributed by atoms with Crippen molar-refractivity contribution < 1.29 is 0 Å². The SMILES string of the molecule is C(=C(B1c2ccccc21)B1c2ccccc21)c1ccccc1. The molecule has 3 aromatic carbocycles. The summed E-state index contributed by atoms with van der Waals surface area (Å²) in [6.45, 7) is 1.04. The van der Waals surface area contributed by atoms with Gasteiger partial charge in [-0.1, -0.05) is 107 Å². The van der Waals surface area contributed by atoms with Gasteiger partial charge in [0, 0.05) is 0 Å². The summed E-state index contributed by atoms with van der Waals surface area (Å²) < 4.78 is 0. The van der Waals surface area contributed by atoms with Crippen molar-refractivity contribution >= 4 is 41.4 Å². The molecule has 0 spiro atoms. The van der Waals surface area contributed by atoms with Crippen molar-refractivity contribution in [1.29, 1.82) is 0 Å². The summed E-state index contributed by atoms with van der Waals surface area (Å²) in [6, 6.07) is 28.4. The number of rotatable bonds is 3. The summed E-state index contributed by atoms with van der Waals surface area (Å²) in [4.78, 5) is 0. The van der Waals surface area contributed by atoms with Crippen molar-refractivity contribution in [1.82, 2.24) is 0 Å². The molecule has 0 amide bonds. The van der Waals surface area contributed by atoms with Gasteiger partial charge in [-0.15, -0.1) is 5.37 Å². The van der Waals surface area contributed by atoms with Gasteiger partial charge in [0.2, 0.25) is 13.4 Å². The maximum Gasteiger partial charge on any atom is 0.227 e. The van der Waals surface area contributed by atoms with Gasteiger partial charge in [-0.25, -0.2) is 0 Å². The van der Waals surface area contributed by atoms with E-state index in [0.29, 0.717) is 13.4 Å². The Morgan fingerprint density at radius 1 is 0.545 bits per heavy atom. The van der Waals surface area contributed by atoms with E-state index in [9.17, 15) is 0 Å². The fourth-order valence-corrected chi connectivity index (χ4v) is 3.71. The summed E-state index contributed by atoms with van der Waals surface area (Å²) in [5.41, 5.74) is 7.31. The van der Waals surface area contributed by atoms with Gasteiger partial charge in [0.25, 0.3) is 0 Å². The first-order chi connectivity index (χ1) is 10.9. The minimum atomic E-state index is 0.521. The molecule has 2 heterocycles. The van der Waals surface area contributed by atoms with Crippen LogP contribution >= 0.6 is 0 Å². The van der Waals surface area contributed by atoms with Gasteiger partial charge in [0.1, 0.15) is 0 Å². The lowest BCUT2D eigenvalue weighted by Crippen LogP contribution is -2.23. The van der Waals surface area contributed by atoms with E-state index in [1.807, 2.05) is 0 Å².